The first-order valence-electron chi connectivity index (χ1n) is 4.90. The van der Waals surface area contributed by atoms with Crippen LogP contribution in [0.2, 0.25) is 0 Å². The van der Waals surface area contributed by atoms with E-state index in [2.05, 4.69) is 4.74 Å². The first-order valence-corrected chi connectivity index (χ1v) is 4.90. The lowest BCUT2D eigenvalue weighted by Crippen LogP contribution is -2.21. The summed E-state index contributed by atoms with van der Waals surface area (Å²) in [4.78, 5) is 11.2. The standard InChI is InChI=1S/C11H8F6O2/c1-19-9(18)7-4-2-3-6(5-10(12,13)14)8(7)11(15,16)17/h2-4H,5H2,1H3. The fraction of sp³-hybridized carbons (Fsp3) is 0.364. The van der Waals surface area contributed by atoms with Crippen LogP contribution in [-0.4, -0.2) is 19.3 Å². The van der Waals surface area contributed by atoms with Crippen molar-refractivity contribution >= 4 is 5.97 Å². The van der Waals surface area contributed by atoms with Crippen LogP contribution in [0.4, 0.5) is 26.3 Å². The summed E-state index contributed by atoms with van der Waals surface area (Å²) in [6, 6.07) is 2.40. The van der Waals surface area contributed by atoms with Gasteiger partial charge >= 0.3 is 18.3 Å². The molecule has 0 aliphatic rings. The maximum absolute atomic E-state index is 12.8. The Labute approximate surface area is 104 Å². The zero-order valence-electron chi connectivity index (χ0n) is 9.52. The Morgan fingerprint density at radius 3 is 2.16 bits per heavy atom. The summed E-state index contributed by atoms with van der Waals surface area (Å²) in [5, 5.41) is 0. The van der Waals surface area contributed by atoms with Crippen molar-refractivity contribution in [1.29, 1.82) is 0 Å². The average Bonchev–Trinajstić information content (AvgIpc) is 2.23. The van der Waals surface area contributed by atoms with E-state index in [-0.39, 0.29) is 0 Å². The van der Waals surface area contributed by atoms with Gasteiger partial charge in [0.25, 0.3) is 0 Å². The number of benzene rings is 1. The number of halogens is 6. The number of hydrogen-bond donors (Lipinski definition) is 0. The summed E-state index contributed by atoms with van der Waals surface area (Å²) in [7, 11) is 0.846. The first-order chi connectivity index (χ1) is 8.56. The lowest BCUT2D eigenvalue weighted by Gasteiger charge is -2.17. The smallest absolute Gasteiger partial charge is 0.417 e. The topological polar surface area (TPSA) is 26.3 Å². The minimum absolute atomic E-state index is 0.683. The molecule has 0 saturated heterocycles. The van der Waals surface area contributed by atoms with Crippen molar-refractivity contribution in [2.24, 2.45) is 0 Å². The quantitative estimate of drug-likeness (QED) is 0.613. The third-order valence-corrected chi connectivity index (χ3v) is 2.23. The van der Waals surface area contributed by atoms with Gasteiger partial charge in [-0.15, -0.1) is 0 Å². The molecule has 1 rings (SSSR count). The van der Waals surface area contributed by atoms with Crippen molar-refractivity contribution < 1.29 is 35.9 Å². The van der Waals surface area contributed by atoms with Crippen LogP contribution in [0, 0.1) is 0 Å². The van der Waals surface area contributed by atoms with Crippen LogP contribution in [0.5, 0.6) is 0 Å². The summed E-state index contributed by atoms with van der Waals surface area (Å²) >= 11 is 0. The van der Waals surface area contributed by atoms with Crippen LogP contribution < -0.4 is 0 Å². The Morgan fingerprint density at radius 1 is 1.16 bits per heavy atom. The predicted molar refractivity (Wildman–Crippen MR) is 52.5 cm³/mol. The van der Waals surface area contributed by atoms with Crippen molar-refractivity contribution in [2.75, 3.05) is 7.11 Å². The van der Waals surface area contributed by atoms with Gasteiger partial charge in [-0.1, -0.05) is 12.1 Å². The second-order valence-corrected chi connectivity index (χ2v) is 3.62. The summed E-state index contributed by atoms with van der Waals surface area (Å²) in [5.74, 6) is -1.34. The number of carbonyl (C=O) groups excluding carboxylic acids is 1. The molecule has 0 atom stereocenters. The van der Waals surface area contributed by atoms with Gasteiger partial charge in [-0.3, -0.25) is 0 Å². The van der Waals surface area contributed by atoms with Gasteiger partial charge in [0.1, 0.15) is 0 Å². The molecular weight excluding hydrogens is 278 g/mol. The van der Waals surface area contributed by atoms with E-state index >= 15 is 0 Å². The van der Waals surface area contributed by atoms with Crippen molar-refractivity contribution in [3.63, 3.8) is 0 Å². The highest BCUT2D eigenvalue weighted by atomic mass is 19.4. The van der Waals surface area contributed by atoms with Gasteiger partial charge < -0.3 is 4.74 Å². The largest absolute Gasteiger partial charge is 0.465 e. The van der Waals surface area contributed by atoms with Gasteiger partial charge in [0.2, 0.25) is 0 Å². The van der Waals surface area contributed by atoms with Gasteiger partial charge in [0.15, 0.2) is 0 Å². The number of alkyl halides is 6. The van der Waals surface area contributed by atoms with Crippen molar-refractivity contribution in [3.8, 4) is 0 Å². The second-order valence-electron chi connectivity index (χ2n) is 3.62. The number of carbonyl (C=O) groups is 1. The highest BCUT2D eigenvalue weighted by Gasteiger charge is 2.41. The van der Waals surface area contributed by atoms with Crippen LogP contribution in [0.1, 0.15) is 21.5 Å². The molecule has 0 unspecified atom stereocenters. The molecule has 0 fully saturated rings. The van der Waals surface area contributed by atoms with Crippen LogP contribution in [0.3, 0.4) is 0 Å². The maximum Gasteiger partial charge on any atom is 0.417 e. The molecule has 0 spiro atoms. The molecular formula is C11H8F6O2. The molecule has 0 heterocycles. The van der Waals surface area contributed by atoms with Gasteiger partial charge in [0.05, 0.1) is 24.7 Å². The molecule has 0 aliphatic heterocycles. The zero-order valence-corrected chi connectivity index (χ0v) is 9.52. The monoisotopic (exact) mass is 286 g/mol. The molecule has 0 bridgehead atoms. The third kappa shape index (κ3) is 3.87. The minimum Gasteiger partial charge on any atom is -0.465 e. The lowest BCUT2D eigenvalue weighted by atomic mass is 9.98. The van der Waals surface area contributed by atoms with E-state index in [0.29, 0.717) is 6.07 Å². The first kappa shape index (κ1) is 15.3. The summed E-state index contributed by atoms with van der Waals surface area (Å²) in [5.41, 5.74) is -3.56. The summed E-state index contributed by atoms with van der Waals surface area (Å²) < 4.78 is 79.3. The molecule has 0 aliphatic carbocycles. The van der Waals surface area contributed by atoms with E-state index in [1.54, 1.807) is 0 Å². The van der Waals surface area contributed by atoms with E-state index in [1.807, 2.05) is 0 Å². The van der Waals surface area contributed by atoms with Crippen LogP contribution >= 0.6 is 0 Å². The predicted octanol–water partition coefficient (Wildman–Crippen LogP) is 3.60. The van der Waals surface area contributed by atoms with Crippen molar-refractivity contribution in [2.45, 2.75) is 18.8 Å². The number of esters is 1. The molecule has 19 heavy (non-hydrogen) atoms. The lowest BCUT2D eigenvalue weighted by molar-refractivity contribution is -0.143. The zero-order chi connectivity index (χ0) is 14.8. The highest BCUT2D eigenvalue weighted by molar-refractivity contribution is 5.91. The molecule has 1 aromatic rings. The molecule has 1 aromatic carbocycles. The second kappa shape index (κ2) is 5.10. The number of hydrogen-bond acceptors (Lipinski definition) is 2. The Morgan fingerprint density at radius 2 is 1.74 bits per heavy atom. The Bertz CT molecular complexity index is 475. The van der Waals surface area contributed by atoms with E-state index in [9.17, 15) is 31.1 Å². The highest BCUT2D eigenvalue weighted by Crippen LogP contribution is 2.37. The molecule has 0 aromatic heterocycles. The van der Waals surface area contributed by atoms with Crippen LogP contribution in [-0.2, 0) is 17.3 Å². The Kier molecular flexibility index (Phi) is 4.12. The summed E-state index contributed by atoms with van der Waals surface area (Å²) in [6.07, 6.45) is -11.7. The molecule has 0 amide bonds. The molecule has 0 radical (unpaired) electrons. The number of rotatable bonds is 2. The normalized spacial score (nSPS) is 12.4. The Hall–Kier alpha value is -1.73. The van der Waals surface area contributed by atoms with E-state index in [0.717, 1.165) is 19.2 Å². The van der Waals surface area contributed by atoms with Gasteiger partial charge in [0, 0.05) is 0 Å². The van der Waals surface area contributed by atoms with Crippen LogP contribution in [0.15, 0.2) is 18.2 Å². The van der Waals surface area contributed by atoms with E-state index in [1.165, 1.54) is 0 Å². The van der Waals surface area contributed by atoms with Crippen molar-refractivity contribution in [3.05, 3.63) is 34.9 Å². The SMILES string of the molecule is COC(=O)c1cccc(CC(F)(F)F)c1C(F)(F)F. The summed E-state index contributed by atoms with van der Waals surface area (Å²) in [6.45, 7) is 0. The molecule has 106 valence electrons. The number of methoxy groups -OCH3 is 1. The molecule has 0 N–H and O–H groups in total. The van der Waals surface area contributed by atoms with E-state index < -0.39 is 41.4 Å². The maximum atomic E-state index is 12.8. The third-order valence-electron chi connectivity index (χ3n) is 2.23. The molecule has 2 nitrogen and oxygen atoms in total. The fourth-order valence-electron chi connectivity index (χ4n) is 1.58. The van der Waals surface area contributed by atoms with Crippen LogP contribution in [0.25, 0.3) is 0 Å². The number of ether oxygens (including phenoxy) is 1. The average molecular weight is 286 g/mol. The Balaban J connectivity index is 3.44. The minimum atomic E-state index is -5.08. The van der Waals surface area contributed by atoms with Crippen molar-refractivity contribution in [1.82, 2.24) is 0 Å². The van der Waals surface area contributed by atoms with Gasteiger partial charge in [-0.2, -0.15) is 26.3 Å². The van der Waals surface area contributed by atoms with Gasteiger partial charge in [-0.05, 0) is 11.6 Å². The van der Waals surface area contributed by atoms with E-state index in [4.69, 9.17) is 0 Å². The molecule has 0 saturated carbocycles. The fourth-order valence-corrected chi connectivity index (χ4v) is 1.58. The molecule has 8 heteroatoms. The van der Waals surface area contributed by atoms with Gasteiger partial charge in [-0.25, -0.2) is 4.79 Å².